The molecule has 0 radical (unpaired) electrons. The van der Waals surface area contributed by atoms with Crippen LogP contribution >= 0.6 is 11.8 Å². The van der Waals surface area contributed by atoms with Crippen LogP contribution in [0.15, 0.2) is 30.3 Å². The van der Waals surface area contributed by atoms with Crippen molar-refractivity contribution >= 4 is 17.7 Å². The van der Waals surface area contributed by atoms with Crippen molar-refractivity contribution < 1.29 is 9.53 Å². The molecule has 1 unspecified atom stereocenters. The van der Waals surface area contributed by atoms with Crippen LogP contribution in [-0.2, 0) is 15.1 Å². The molecule has 0 saturated heterocycles. The van der Waals surface area contributed by atoms with E-state index in [-0.39, 0.29) is 5.97 Å². The SMILES string of the molecule is CNC(CSC1CCCCC1)(C(=O)OC)c1ccccc1. The number of hydrogen-bond acceptors (Lipinski definition) is 4. The second kappa shape index (κ2) is 7.85. The van der Waals surface area contributed by atoms with Crippen LogP contribution in [0.3, 0.4) is 0 Å². The van der Waals surface area contributed by atoms with Gasteiger partial charge in [-0.15, -0.1) is 0 Å². The molecule has 1 aromatic rings. The molecule has 0 spiro atoms. The molecule has 1 aliphatic rings. The summed E-state index contributed by atoms with van der Waals surface area (Å²) in [4.78, 5) is 12.4. The molecule has 116 valence electrons. The number of esters is 1. The van der Waals surface area contributed by atoms with Gasteiger partial charge in [0.05, 0.1) is 7.11 Å². The van der Waals surface area contributed by atoms with Crippen LogP contribution in [0.1, 0.15) is 37.7 Å². The van der Waals surface area contributed by atoms with Crippen LogP contribution in [0.25, 0.3) is 0 Å². The van der Waals surface area contributed by atoms with Crippen molar-refractivity contribution in [2.45, 2.75) is 42.9 Å². The fraction of sp³-hybridized carbons (Fsp3) is 0.588. The second-order valence-electron chi connectivity index (χ2n) is 5.58. The highest BCUT2D eigenvalue weighted by Gasteiger charge is 2.40. The Labute approximate surface area is 131 Å². The van der Waals surface area contributed by atoms with E-state index >= 15 is 0 Å². The molecule has 0 amide bonds. The second-order valence-corrected chi connectivity index (χ2v) is 6.87. The lowest BCUT2D eigenvalue weighted by Crippen LogP contribution is -2.50. The monoisotopic (exact) mass is 307 g/mol. The van der Waals surface area contributed by atoms with Gasteiger partial charge in [-0.05, 0) is 25.5 Å². The normalized spacial score (nSPS) is 19.0. The number of methoxy groups -OCH3 is 1. The van der Waals surface area contributed by atoms with Crippen molar-refractivity contribution in [2.24, 2.45) is 0 Å². The number of thioether (sulfide) groups is 1. The summed E-state index contributed by atoms with van der Waals surface area (Å²) in [7, 11) is 3.30. The topological polar surface area (TPSA) is 38.3 Å². The Balaban J connectivity index is 2.16. The quantitative estimate of drug-likeness (QED) is 0.818. The third-order valence-corrected chi connectivity index (χ3v) is 5.86. The average Bonchev–Trinajstić information content (AvgIpc) is 2.57. The molecular weight excluding hydrogens is 282 g/mol. The van der Waals surface area contributed by atoms with E-state index in [0.717, 1.165) is 5.56 Å². The van der Waals surface area contributed by atoms with Crippen LogP contribution in [0.2, 0.25) is 0 Å². The molecular formula is C17H25NO2S. The summed E-state index contributed by atoms with van der Waals surface area (Å²) in [6, 6.07) is 9.89. The molecule has 1 saturated carbocycles. The van der Waals surface area contributed by atoms with Crippen LogP contribution in [0, 0.1) is 0 Å². The largest absolute Gasteiger partial charge is 0.467 e. The molecule has 1 N–H and O–H groups in total. The standard InChI is InChI=1S/C17H25NO2S/c1-18-17(16(19)20-2,14-9-5-3-6-10-14)13-21-15-11-7-4-8-12-15/h3,5-6,9-10,15,18H,4,7-8,11-13H2,1-2H3. The van der Waals surface area contributed by atoms with Gasteiger partial charge in [0.2, 0.25) is 0 Å². The highest BCUT2D eigenvalue weighted by atomic mass is 32.2. The lowest BCUT2D eigenvalue weighted by molar-refractivity contribution is -0.147. The van der Waals surface area contributed by atoms with Crippen molar-refractivity contribution in [3.63, 3.8) is 0 Å². The molecule has 0 heterocycles. The number of benzene rings is 1. The first-order chi connectivity index (χ1) is 10.2. The first-order valence-corrected chi connectivity index (χ1v) is 8.72. The molecule has 0 aliphatic heterocycles. The molecule has 0 aromatic heterocycles. The minimum absolute atomic E-state index is 0.209. The Morgan fingerprint density at radius 2 is 1.95 bits per heavy atom. The van der Waals surface area contributed by atoms with E-state index in [9.17, 15) is 4.79 Å². The van der Waals surface area contributed by atoms with Crippen molar-refractivity contribution in [3.05, 3.63) is 35.9 Å². The van der Waals surface area contributed by atoms with E-state index < -0.39 is 5.54 Å². The summed E-state index contributed by atoms with van der Waals surface area (Å²) < 4.78 is 5.09. The Bertz CT molecular complexity index is 445. The number of nitrogens with one attached hydrogen (secondary N) is 1. The first kappa shape index (κ1) is 16.4. The molecule has 1 atom stereocenters. The van der Waals surface area contributed by atoms with Crippen molar-refractivity contribution in [3.8, 4) is 0 Å². The maximum absolute atomic E-state index is 12.4. The number of ether oxygens (including phenoxy) is 1. The van der Waals surface area contributed by atoms with Gasteiger partial charge < -0.3 is 10.1 Å². The zero-order valence-electron chi connectivity index (χ0n) is 12.9. The van der Waals surface area contributed by atoms with Gasteiger partial charge in [0.15, 0.2) is 5.54 Å². The van der Waals surface area contributed by atoms with Gasteiger partial charge in [-0.2, -0.15) is 11.8 Å². The van der Waals surface area contributed by atoms with E-state index in [1.54, 1.807) is 0 Å². The maximum Gasteiger partial charge on any atom is 0.331 e. The van der Waals surface area contributed by atoms with Gasteiger partial charge in [0.1, 0.15) is 0 Å². The summed E-state index contributed by atoms with van der Waals surface area (Å²) in [6.45, 7) is 0. The van der Waals surface area contributed by atoms with Gasteiger partial charge in [-0.25, -0.2) is 4.79 Å². The number of likely N-dealkylation sites (N-methyl/N-ethyl adjacent to an activating group) is 1. The highest BCUT2D eigenvalue weighted by molar-refractivity contribution is 8.00. The molecule has 3 nitrogen and oxygen atoms in total. The molecule has 1 aliphatic carbocycles. The van der Waals surface area contributed by atoms with Gasteiger partial charge in [-0.1, -0.05) is 49.6 Å². The van der Waals surface area contributed by atoms with Crippen molar-refractivity contribution in [2.75, 3.05) is 19.9 Å². The fourth-order valence-corrected chi connectivity index (χ4v) is 4.53. The minimum Gasteiger partial charge on any atom is -0.467 e. The van der Waals surface area contributed by atoms with Crippen LogP contribution in [-0.4, -0.2) is 31.1 Å². The molecule has 1 aromatic carbocycles. The smallest absolute Gasteiger partial charge is 0.331 e. The number of carbonyl (C=O) groups excluding carboxylic acids is 1. The Morgan fingerprint density at radius 1 is 1.29 bits per heavy atom. The van der Waals surface area contributed by atoms with E-state index in [0.29, 0.717) is 11.0 Å². The predicted molar refractivity (Wildman–Crippen MR) is 88.5 cm³/mol. The minimum atomic E-state index is -0.752. The zero-order chi connectivity index (χ0) is 15.1. The van der Waals surface area contributed by atoms with Crippen LogP contribution in [0.5, 0.6) is 0 Å². The summed E-state index contributed by atoms with van der Waals surface area (Å²) in [5.74, 6) is 0.504. The maximum atomic E-state index is 12.4. The summed E-state index contributed by atoms with van der Waals surface area (Å²) in [6.07, 6.45) is 6.51. The first-order valence-electron chi connectivity index (χ1n) is 7.67. The lowest BCUT2D eigenvalue weighted by atomic mass is 9.92. The Morgan fingerprint density at radius 3 is 2.52 bits per heavy atom. The zero-order valence-corrected chi connectivity index (χ0v) is 13.7. The van der Waals surface area contributed by atoms with E-state index in [1.807, 2.05) is 49.1 Å². The van der Waals surface area contributed by atoms with Crippen LogP contribution in [0.4, 0.5) is 0 Å². The average molecular weight is 307 g/mol. The molecule has 0 bridgehead atoms. The van der Waals surface area contributed by atoms with Crippen molar-refractivity contribution in [1.29, 1.82) is 0 Å². The van der Waals surface area contributed by atoms with E-state index in [2.05, 4.69) is 5.32 Å². The van der Waals surface area contributed by atoms with Gasteiger partial charge in [0.25, 0.3) is 0 Å². The summed E-state index contributed by atoms with van der Waals surface area (Å²) in [5, 5.41) is 3.89. The van der Waals surface area contributed by atoms with Crippen molar-refractivity contribution in [1.82, 2.24) is 5.32 Å². The van der Waals surface area contributed by atoms with E-state index in [1.165, 1.54) is 39.2 Å². The fourth-order valence-electron chi connectivity index (χ4n) is 2.95. The van der Waals surface area contributed by atoms with Crippen LogP contribution < -0.4 is 5.32 Å². The third kappa shape index (κ3) is 3.80. The molecule has 21 heavy (non-hydrogen) atoms. The van der Waals surface area contributed by atoms with Gasteiger partial charge in [-0.3, -0.25) is 0 Å². The Kier molecular flexibility index (Phi) is 6.12. The van der Waals surface area contributed by atoms with E-state index in [4.69, 9.17) is 4.74 Å². The van der Waals surface area contributed by atoms with Gasteiger partial charge in [0, 0.05) is 11.0 Å². The van der Waals surface area contributed by atoms with Gasteiger partial charge >= 0.3 is 5.97 Å². The summed E-state index contributed by atoms with van der Waals surface area (Å²) >= 11 is 1.90. The Hall–Kier alpha value is -1.00. The third-order valence-electron chi connectivity index (χ3n) is 4.31. The molecule has 1 fully saturated rings. The number of carbonyl (C=O) groups is 1. The number of rotatable bonds is 6. The lowest BCUT2D eigenvalue weighted by Gasteiger charge is -2.33. The number of hydrogen-bond donors (Lipinski definition) is 1. The highest BCUT2D eigenvalue weighted by Crippen LogP contribution is 2.34. The molecule has 2 rings (SSSR count). The molecule has 4 heteroatoms. The summed E-state index contributed by atoms with van der Waals surface area (Å²) in [5.41, 5.74) is 0.223. The predicted octanol–water partition coefficient (Wildman–Crippen LogP) is 3.34.